The molecule has 2 rings (SSSR count). The molecule has 2 heteroatoms. The molecule has 0 saturated heterocycles. The van der Waals surface area contributed by atoms with E-state index in [1.165, 1.54) is 42.6 Å². The highest BCUT2D eigenvalue weighted by atomic mass is 15.1. The van der Waals surface area contributed by atoms with E-state index in [4.69, 9.17) is 0 Å². The van der Waals surface area contributed by atoms with Gasteiger partial charge in [0.15, 0.2) is 0 Å². The lowest BCUT2D eigenvalue weighted by Gasteiger charge is -2.16. The average molecular weight is 232 g/mol. The summed E-state index contributed by atoms with van der Waals surface area (Å²) < 4.78 is 0. The first kappa shape index (κ1) is 12.4. The van der Waals surface area contributed by atoms with Crippen LogP contribution in [0.1, 0.15) is 24.5 Å². The predicted molar refractivity (Wildman–Crippen MR) is 74.8 cm³/mol. The van der Waals surface area contributed by atoms with Crippen molar-refractivity contribution in [2.45, 2.75) is 26.2 Å². The number of hydrogen-bond donors (Lipinski definition) is 1. The molecule has 2 nitrogen and oxygen atoms in total. The minimum absolute atomic E-state index is 0.761. The van der Waals surface area contributed by atoms with Crippen molar-refractivity contribution in [1.29, 1.82) is 0 Å². The quantitative estimate of drug-likeness (QED) is 0.839. The van der Waals surface area contributed by atoms with Crippen LogP contribution in [0.5, 0.6) is 0 Å². The normalized spacial score (nSPS) is 16.1. The van der Waals surface area contributed by atoms with Crippen molar-refractivity contribution in [3.05, 3.63) is 29.3 Å². The van der Waals surface area contributed by atoms with Gasteiger partial charge in [-0.25, -0.2) is 0 Å². The first-order valence-electron chi connectivity index (χ1n) is 6.72. The molecular weight excluding hydrogens is 208 g/mol. The molecular formula is C15H24N2. The van der Waals surface area contributed by atoms with E-state index in [1.54, 1.807) is 0 Å². The average Bonchev–Trinajstić information content (AvgIpc) is 2.70. The molecule has 1 N–H and O–H groups in total. The molecule has 17 heavy (non-hydrogen) atoms. The summed E-state index contributed by atoms with van der Waals surface area (Å²) in [6.07, 6.45) is 3.66. The first-order valence-corrected chi connectivity index (χ1v) is 6.72. The molecule has 1 heterocycles. The first-order chi connectivity index (χ1) is 8.24. The van der Waals surface area contributed by atoms with Crippen LogP contribution >= 0.6 is 0 Å². The lowest BCUT2D eigenvalue weighted by Crippen LogP contribution is -2.20. The van der Waals surface area contributed by atoms with Gasteiger partial charge in [-0.3, -0.25) is 0 Å². The largest absolute Gasteiger partial charge is 0.374 e. The Kier molecular flexibility index (Phi) is 4.06. The zero-order chi connectivity index (χ0) is 12.3. The number of hydrogen-bond acceptors (Lipinski definition) is 2. The summed E-state index contributed by atoms with van der Waals surface area (Å²) in [5, 5.41) is 3.29. The molecule has 1 aliphatic rings. The molecule has 0 spiro atoms. The summed E-state index contributed by atoms with van der Waals surface area (Å²) >= 11 is 0. The molecule has 1 aromatic rings. The van der Waals surface area contributed by atoms with Gasteiger partial charge in [-0.15, -0.1) is 0 Å². The van der Waals surface area contributed by atoms with Crippen LogP contribution in [0.15, 0.2) is 18.2 Å². The van der Waals surface area contributed by atoms with E-state index in [0.717, 1.165) is 12.5 Å². The predicted octanol–water partition coefficient (Wildman–Crippen LogP) is 2.47. The Labute approximate surface area is 105 Å². The Hall–Kier alpha value is -1.02. The molecule has 0 fully saturated rings. The molecule has 0 aromatic heterocycles. The standard InChI is InChI=1S/C15H24N2/c1-4-12(11-16-2)9-13-5-6-15-14(10-13)7-8-17(15)3/h5-6,10,12,16H,4,7-9,11H2,1-3H3. The van der Waals surface area contributed by atoms with E-state index in [9.17, 15) is 0 Å². The van der Waals surface area contributed by atoms with Gasteiger partial charge >= 0.3 is 0 Å². The Morgan fingerprint density at radius 1 is 1.41 bits per heavy atom. The van der Waals surface area contributed by atoms with E-state index in [-0.39, 0.29) is 0 Å². The molecule has 1 aromatic carbocycles. The van der Waals surface area contributed by atoms with Crippen LogP contribution in [0.3, 0.4) is 0 Å². The fourth-order valence-corrected chi connectivity index (χ4v) is 2.73. The van der Waals surface area contributed by atoms with Crippen molar-refractivity contribution >= 4 is 5.69 Å². The summed E-state index contributed by atoms with van der Waals surface area (Å²) in [6.45, 7) is 4.57. The number of likely N-dealkylation sites (N-methyl/N-ethyl adjacent to an activating group) is 1. The number of benzene rings is 1. The van der Waals surface area contributed by atoms with E-state index in [2.05, 4.69) is 42.4 Å². The van der Waals surface area contributed by atoms with Crippen molar-refractivity contribution < 1.29 is 0 Å². The van der Waals surface area contributed by atoms with Crippen molar-refractivity contribution in [2.75, 3.05) is 32.1 Å². The van der Waals surface area contributed by atoms with Gasteiger partial charge in [0.25, 0.3) is 0 Å². The maximum absolute atomic E-state index is 3.29. The Bertz CT molecular complexity index is 373. The van der Waals surface area contributed by atoms with E-state index >= 15 is 0 Å². The monoisotopic (exact) mass is 232 g/mol. The third-order valence-corrected chi connectivity index (χ3v) is 3.87. The minimum Gasteiger partial charge on any atom is -0.374 e. The minimum atomic E-state index is 0.761. The molecule has 0 radical (unpaired) electrons. The smallest absolute Gasteiger partial charge is 0.0397 e. The summed E-state index contributed by atoms with van der Waals surface area (Å²) in [5.41, 5.74) is 4.46. The highest BCUT2D eigenvalue weighted by molar-refractivity contribution is 5.58. The fourth-order valence-electron chi connectivity index (χ4n) is 2.73. The Morgan fingerprint density at radius 2 is 2.24 bits per heavy atom. The third kappa shape index (κ3) is 2.81. The maximum Gasteiger partial charge on any atom is 0.0397 e. The Balaban J connectivity index is 2.07. The molecule has 1 unspecified atom stereocenters. The van der Waals surface area contributed by atoms with Gasteiger partial charge in [-0.1, -0.05) is 25.5 Å². The van der Waals surface area contributed by atoms with Gasteiger partial charge in [0.2, 0.25) is 0 Å². The van der Waals surface area contributed by atoms with Crippen molar-refractivity contribution in [3.63, 3.8) is 0 Å². The van der Waals surface area contributed by atoms with Gasteiger partial charge in [-0.05, 0) is 49.5 Å². The molecule has 0 amide bonds. The van der Waals surface area contributed by atoms with Crippen molar-refractivity contribution in [2.24, 2.45) is 5.92 Å². The van der Waals surface area contributed by atoms with Gasteiger partial charge in [0, 0.05) is 19.3 Å². The highest BCUT2D eigenvalue weighted by Gasteiger charge is 2.16. The summed E-state index contributed by atoms with van der Waals surface area (Å²) in [4.78, 5) is 2.35. The van der Waals surface area contributed by atoms with Crippen molar-refractivity contribution in [1.82, 2.24) is 5.32 Å². The van der Waals surface area contributed by atoms with E-state index in [0.29, 0.717) is 0 Å². The second-order valence-electron chi connectivity index (χ2n) is 5.17. The summed E-state index contributed by atoms with van der Waals surface area (Å²) in [7, 11) is 4.22. The third-order valence-electron chi connectivity index (χ3n) is 3.87. The SMILES string of the molecule is CCC(CNC)Cc1ccc2c(c1)CCN2C. The zero-order valence-electron chi connectivity index (χ0n) is 11.3. The van der Waals surface area contributed by atoms with Gasteiger partial charge < -0.3 is 10.2 Å². The van der Waals surface area contributed by atoms with Gasteiger partial charge in [0.1, 0.15) is 0 Å². The van der Waals surface area contributed by atoms with Crippen LogP contribution in [0.2, 0.25) is 0 Å². The van der Waals surface area contributed by atoms with E-state index in [1.807, 2.05) is 7.05 Å². The molecule has 94 valence electrons. The molecule has 0 aliphatic carbocycles. The van der Waals surface area contributed by atoms with E-state index < -0.39 is 0 Å². The molecule has 1 atom stereocenters. The maximum atomic E-state index is 3.29. The topological polar surface area (TPSA) is 15.3 Å². The summed E-state index contributed by atoms with van der Waals surface area (Å²) in [5.74, 6) is 0.761. The number of anilines is 1. The number of fused-ring (bicyclic) bond motifs is 1. The van der Waals surface area contributed by atoms with Crippen LogP contribution in [-0.4, -0.2) is 27.2 Å². The van der Waals surface area contributed by atoms with Gasteiger partial charge in [0.05, 0.1) is 0 Å². The Morgan fingerprint density at radius 3 is 2.94 bits per heavy atom. The van der Waals surface area contributed by atoms with Crippen LogP contribution in [0.4, 0.5) is 5.69 Å². The highest BCUT2D eigenvalue weighted by Crippen LogP contribution is 2.28. The molecule has 0 saturated carbocycles. The second kappa shape index (κ2) is 5.54. The zero-order valence-corrected chi connectivity index (χ0v) is 11.3. The molecule has 1 aliphatic heterocycles. The lowest BCUT2D eigenvalue weighted by atomic mass is 9.95. The summed E-state index contributed by atoms with van der Waals surface area (Å²) in [6, 6.07) is 7.01. The number of nitrogens with one attached hydrogen (secondary N) is 1. The van der Waals surface area contributed by atoms with Crippen LogP contribution < -0.4 is 10.2 Å². The second-order valence-corrected chi connectivity index (χ2v) is 5.17. The number of nitrogens with zero attached hydrogens (tertiary/aromatic N) is 1. The van der Waals surface area contributed by atoms with Gasteiger partial charge in [-0.2, -0.15) is 0 Å². The number of rotatable bonds is 5. The van der Waals surface area contributed by atoms with Crippen molar-refractivity contribution in [3.8, 4) is 0 Å². The van der Waals surface area contributed by atoms with Crippen LogP contribution in [-0.2, 0) is 12.8 Å². The van der Waals surface area contributed by atoms with Crippen LogP contribution in [0.25, 0.3) is 0 Å². The fraction of sp³-hybridized carbons (Fsp3) is 0.600. The van der Waals surface area contributed by atoms with Crippen LogP contribution in [0, 0.1) is 5.92 Å². The molecule has 0 bridgehead atoms. The lowest BCUT2D eigenvalue weighted by molar-refractivity contribution is 0.481.